The van der Waals surface area contributed by atoms with E-state index in [1.807, 2.05) is 0 Å². The van der Waals surface area contributed by atoms with Gasteiger partial charge in [0, 0.05) is 22.3 Å². The molecule has 0 nitrogen and oxygen atoms in total. The molecular formula is C54H32. The first kappa shape index (κ1) is 31.4. The van der Waals surface area contributed by atoms with Gasteiger partial charge < -0.3 is 0 Å². The highest BCUT2D eigenvalue weighted by molar-refractivity contribution is 6.03. The van der Waals surface area contributed by atoms with Gasteiger partial charge in [0.05, 0.1) is 0 Å². The van der Waals surface area contributed by atoms with Crippen LogP contribution in [0, 0.1) is 23.7 Å². The highest BCUT2D eigenvalue weighted by Crippen LogP contribution is 2.41. The third-order valence-electron chi connectivity index (χ3n) is 10.5. The van der Waals surface area contributed by atoms with Crippen LogP contribution in [0.3, 0.4) is 0 Å². The van der Waals surface area contributed by atoms with Gasteiger partial charge in [0.2, 0.25) is 0 Å². The van der Waals surface area contributed by atoms with Crippen molar-refractivity contribution in [3.05, 3.63) is 216 Å². The first-order valence-corrected chi connectivity index (χ1v) is 18.3. The summed E-state index contributed by atoms with van der Waals surface area (Å²) in [7, 11) is 0. The molecule has 0 bridgehead atoms. The van der Waals surface area contributed by atoms with Crippen molar-refractivity contribution in [3.63, 3.8) is 0 Å². The molecule has 0 unspecified atom stereocenters. The zero-order valence-electron chi connectivity index (χ0n) is 29.5. The molecule has 10 aromatic carbocycles. The van der Waals surface area contributed by atoms with Crippen LogP contribution in [-0.2, 0) is 0 Å². The Kier molecular flexibility index (Phi) is 7.73. The van der Waals surface area contributed by atoms with Gasteiger partial charge in [-0.05, 0) is 125 Å². The second kappa shape index (κ2) is 13.3. The van der Waals surface area contributed by atoms with Gasteiger partial charge in [-0.15, -0.1) is 0 Å². The van der Waals surface area contributed by atoms with E-state index in [0.717, 1.165) is 66.1 Å². The Morgan fingerprint density at radius 3 is 0.870 bits per heavy atom. The minimum absolute atomic E-state index is 0.988. The van der Waals surface area contributed by atoms with E-state index in [1.54, 1.807) is 0 Å². The second-order valence-electron chi connectivity index (χ2n) is 13.8. The van der Waals surface area contributed by atoms with Crippen LogP contribution >= 0.6 is 0 Å². The lowest BCUT2D eigenvalue weighted by Gasteiger charge is -2.17. The highest BCUT2D eigenvalue weighted by atomic mass is 14.2. The van der Waals surface area contributed by atoms with Crippen LogP contribution in [0.5, 0.6) is 0 Å². The quantitative estimate of drug-likeness (QED) is 0.159. The molecule has 0 heterocycles. The Bertz CT molecular complexity index is 3000. The van der Waals surface area contributed by atoms with E-state index < -0.39 is 0 Å². The summed E-state index contributed by atoms with van der Waals surface area (Å²) in [5.74, 6) is 14.5. The van der Waals surface area contributed by atoms with Gasteiger partial charge >= 0.3 is 0 Å². The zero-order chi connectivity index (χ0) is 35.8. The van der Waals surface area contributed by atoms with Gasteiger partial charge in [0.15, 0.2) is 0 Å². The van der Waals surface area contributed by atoms with E-state index in [9.17, 15) is 0 Å². The molecule has 0 aliphatic rings. The summed E-state index contributed by atoms with van der Waals surface area (Å²) in [6.07, 6.45) is 0. The number of hydrogen-bond donors (Lipinski definition) is 0. The van der Waals surface area contributed by atoms with Crippen molar-refractivity contribution in [1.82, 2.24) is 0 Å². The Balaban J connectivity index is 1.25. The van der Waals surface area contributed by atoms with Crippen molar-refractivity contribution in [2.45, 2.75) is 0 Å². The molecule has 0 radical (unpaired) electrons. The topological polar surface area (TPSA) is 0 Å². The smallest absolute Gasteiger partial charge is 0.0334 e. The lowest BCUT2D eigenvalue weighted by atomic mass is 9.85. The number of fused-ring (bicyclic) bond motifs is 5. The second-order valence-corrected chi connectivity index (χ2v) is 13.8. The lowest BCUT2D eigenvalue weighted by Crippen LogP contribution is -1.94. The average molecular weight is 681 g/mol. The summed E-state index contributed by atoms with van der Waals surface area (Å²) in [4.78, 5) is 0. The van der Waals surface area contributed by atoms with Crippen LogP contribution in [0.15, 0.2) is 194 Å². The van der Waals surface area contributed by atoms with Gasteiger partial charge in [-0.3, -0.25) is 0 Å². The standard InChI is InChI=1S/C54H32/c1-3-17-43-33-51(47(31-41(43)15-1)29-27-39-23-11-21-37-13-7-9-25-49(37)39)53-35-45-19-5-6-20-46(45)36-54(53)52-34-44-18-4-2-16-42(44)32-48(52)30-28-40-24-12-22-38-14-8-10-26-50(38)40/h1-26,31-36H. The molecule has 248 valence electrons. The van der Waals surface area contributed by atoms with Crippen LogP contribution < -0.4 is 0 Å². The van der Waals surface area contributed by atoms with Gasteiger partial charge in [0.25, 0.3) is 0 Å². The Labute approximate surface area is 315 Å². The molecule has 10 aromatic rings. The van der Waals surface area contributed by atoms with Gasteiger partial charge in [-0.2, -0.15) is 0 Å². The molecule has 0 spiro atoms. The maximum Gasteiger partial charge on any atom is 0.0334 e. The summed E-state index contributed by atoms with van der Waals surface area (Å²) in [5, 5.41) is 11.7. The fourth-order valence-corrected chi connectivity index (χ4v) is 7.76. The summed E-state index contributed by atoms with van der Waals surface area (Å²) < 4.78 is 0. The molecular weight excluding hydrogens is 649 g/mol. The van der Waals surface area contributed by atoms with E-state index in [-0.39, 0.29) is 0 Å². The first-order valence-electron chi connectivity index (χ1n) is 18.3. The summed E-state index contributed by atoms with van der Waals surface area (Å²) >= 11 is 0. The normalized spacial score (nSPS) is 11.0. The predicted molar refractivity (Wildman–Crippen MR) is 230 cm³/mol. The first-order chi connectivity index (χ1) is 26.7. The fraction of sp³-hybridized carbons (Fsp3) is 0. The third-order valence-corrected chi connectivity index (χ3v) is 10.5. The maximum absolute atomic E-state index is 3.67. The van der Waals surface area contributed by atoms with Crippen molar-refractivity contribution in [2.75, 3.05) is 0 Å². The van der Waals surface area contributed by atoms with Crippen LogP contribution in [-0.4, -0.2) is 0 Å². The van der Waals surface area contributed by atoms with Crippen LogP contribution in [0.25, 0.3) is 76.1 Å². The molecule has 0 N–H and O–H groups in total. The van der Waals surface area contributed by atoms with Gasteiger partial charge in [0.1, 0.15) is 0 Å². The van der Waals surface area contributed by atoms with E-state index in [0.29, 0.717) is 0 Å². The average Bonchev–Trinajstić information content (AvgIpc) is 3.23. The van der Waals surface area contributed by atoms with Crippen molar-refractivity contribution in [3.8, 4) is 45.9 Å². The molecule has 0 saturated carbocycles. The molecule has 0 saturated heterocycles. The molecule has 0 aliphatic carbocycles. The van der Waals surface area contributed by atoms with Gasteiger partial charge in [-0.1, -0.05) is 169 Å². The van der Waals surface area contributed by atoms with Crippen molar-refractivity contribution >= 4 is 53.9 Å². The summed E-state index contributed by atoms with van der Waals surface area (Å²) in [6, 6.07) is 69.3. The fourth-order valence-electron chi connectivity index (χ4n) is 7.76. The largest absolute Gasteiger partial charge is 0.0616 e. The van der Waals surface area contributed by atoms with Crippen LogP contribution in [0.4, 0.5) is 0 Å². The van der Waals surface area contributed by atoms with E-state index >= 15 is 0 Å². The Hall–Kier alpha value is -7.38. The van der Waals surface area contributed by atoms with Gasteiger partial charge in [-0.25, -0.2) is 0 Å². The van der Waals surface area contributed by atoms with Crippen molar-refractivity contribution in [1.29, 1.82) is 0 Å². The molecule has 54 heavy (non-hydrogen) atoms. The molecule has 0 fully saturated rings. The minimum atomic E-state index is 0.988. The lowest BCUT2D eigenvalue weighted by molar-refractivity contribution is 1.59. The third kappa shape index (κ3) is 5.74. The molecule has 0 heteroatoms. The Morgan fingerprint density at radius 1 is 0.204 bits per heavy atom. The summed E-state index contributed by atoms with van der Waals surface area (Å²) in [5.41, 5.74) is 8.48. The molecule has 0 atom stereocenters. The highest BCUT2D eigenvalue weighted by Gasteiger charge is 2.17. The van der Waals surface area contributed by atoms with E-state index in [2.05, 4.69) is 218 Å². The monoisotopic (exact) mass is 680 g/mol. The molecule has 0 amide bonds. The number of hydrogen-bond acceptors (Lipinski definition) is 0. The summed E-state index contributed by atoms with van der Waals surface area (Å²) in [6.45, 7) is 0. The van der Waals surface area contributed by atoms with E-state index in [1.165, 1.54) is 32.3 Å². The Morgan fingerprint density at radius 2 is 0.481 bits per heavy atom. The van der Waals surface area contributed by atoms with Crippen LogP contribution in [0.1, 0.15) is 22.3 Å². The van der Waals surface area contributed by atoms with Crippen LogP contribution in [0.2, 0.25) is 0 Å². The number of rotatable bonds is 2. The zero-order valence-corrected chi connectivity index (χ0v) is 29.5. The predicted octanol–water partition coefficient (Wildman–Crippen LogP) is 13.6. The minimum Gasteiger partial charge on any atom is -0.0616 e. The molecule has 0 aliphatic heterocycles. The molecule has 0 aromatic heterocycles. The maximum atomic E-state index is 3.67. The van der Waals surface area contributed by atoms with E-state index in [4.69, 9.17) is 0 Å². The van der Waals surface area contributed by atoms with Crippen molar-refractivity contribution < 1.29 is 0 Å². The van der Waals surface area contributed by atoms with Crippen molar-refractivity contribution in [2.24, 2.45) is 0 Å². The number of benzene rings is 10. The molecule has 10 rings (SSSR count). The SMILES string of the molecule is C(#Cc1cccc2ccccc12)c1cc2ccccc2cc1-c1cc2ccccc2cc1-c1cc2ccccc2cc1C#Cc1cccc2ccccc12.